The van der Waals surface area contributed by atoms with E-state index in [1.807, 2.05) is 4.90 Å². The van der Waals surface area contributed by atoms with Crippen LogP contribution < -0.4 is 10.2 Å². The fraction of sp³-hybridized carbons (Fsp3) is 0.556. The molecule has 0 aromatic heterocycles. The van der Waals surface area contributed by atoms with E-state index in [1.54, 1.807) is 24.9 Å². The predicted molar refractivity (Wildman–Crippen MR) is 95.3 cm³/mol. The van der Waals surface area contributed by atoms with Crippen LogP contribution in [0, 0.1) is 5.82 Å². The molecule has 7 heteroatoms. The molecule has 0 bridgehead atoms. The van der Waals surface area contributed by atoms with Crippen molar-refractivity contribution in [1.29, 1.82) is 0 Å². The third-order valence-corrected chi connectivity index (χ3v) is 4.90. The first-order valence-electron chi connectivity index (χ1n) is 8.79. The van der Waals surface area contributed by atoms with E-state index in [0.717, 1.165) is 38.0 Å². The Kier molecular flexibility index (Phi) is 5.11. The Balaban J connectivity index is 1.76. The number of carbonyl (C=O) groups is 2. The van der Waals surface area contributed by atoms with Gasteiger partial charge in [0.05, 0.1) is 11.4 Å². The van der Waals surface area contributed by atoms with Gasteiger partial charge in [0, 0.05) is 46.2 Å². The van der Waals surface area contributed by atoms with Gasteiger partial charge in [0.25, 0.3) is 0 Å². The fourth-order valence-electron chi connectivity index (χ4n) is 3.19. The van der Waals surface area contributed by atoms with Gasteiger partial charge >= 0.3 is 6.03 Å². The molecule has 0 radical (unpaired) electrons. The zero-order valence-electron chi connectivity index (χ0n) is 14.8. The van der Waals surface area contributed by atoms with Gasteiger partial charge in [0.1, 0.15) is 5.82 Å². The molecule has 1 aliphatic heterocycles. The van der Waals surface area contributed by atoms with E-state index in [2.05, 4.69) is 10.2 Å². The number of carbonyl (C=O) groups excluding carboxylic acids is 2. The summed E-state index contributed by atoms with van der Waals surface area (Å²) in [6, 6.07) is 4.55. The summed E-state index contributed by atoms with van der Waals surface area (Å²) >= 11 is 0. The summed E-state index contributed by atoms with van der Waals surface area (Å²) in [5, 5.41) is 2.85. The van der Waals surface area contributed by atoms with Crippen LogP contribution in [-0.2, 0) is 4.79 Å². The molecule has 0 spiro atoms. The van der Waals surface area contributed by atoms with Crippen molar-refractivity contribution < 1.29 is 14.0 Å². The van der Waals surface area contributed by atoms with Crippen molar-refractivity contribution in [1.82, 2.24) is 9.80 Å². The molecule has 1 N–H and O–H groups in total. The number of hydrogen-bond acceptors (Lipinski definition) is 3. The lowest BCUT2D eigenvalue weighted by Crippen LogP contribution is -2.35. The van der Waals surface area contributed by atoms with E-state index >= 15 is 0 Å². The standard InChI is InChI=1S/C18H25FN4O2/c1-13(24)22-8-3-9-23(11-10-22)17-7-4-14(19)12-16(17)20-18(25)21(2)15-5-6-15/h4,7,12,15H,3,5-6,8-11H2,1-2H3,(H,20,25). The molecular formula is C18H25FN4O2. The molecule has 0 atom stereocenters. The summed E-state index contributed by atoms with van der Waals surface area (Å²) in [6.07, 6.45) is 2.88. The lowest BCUT2D eigenvalue weighted by atomic mass is 10.2. The van der Waals surface area contributed by atoms with Gasteiger partial charge in [-0.05, 0) is 37.5 Å². The van der Waals surface area contributed by atoms with Crippen LogP contribution in [0.2, 0.25) is 0 Å². The average molecular weight is 348 g/mol. The third kappa shape index (κ3) is 4.21. The second-order valence-electron chi connectivity index (χ2n) is 6.78. The number of nitrogens with zero attached hydrogens (tertiary/aromatic N) is 3. The Labute approximate surface area is 147 Å². The van der Waals surface area contributed by atoms with Gasteiger partial charge in [0.15, 0.2) is 0 Å². The second-order valence-corrected chi connectivity index (χ2v) is 6.78. The third-order valence-electron chi connectivity index (χ3n) is 4.90. The first-order chi connectivity index (χ1) is 12.0. The van der Waals surface area contributed by atoms with Crippen LogP contribution in [0.4, 0.5) is 20.6 Å². The largest absolute Gasteiger partial charge is 0.368 e. The molecule has 0 unspecified atom stereocenters. The number of anilines is 2. The Morgan fingerprint density at radius 2 is 1.96 bits per heavy atom. The molecule has 1 saturated heterocycles. The van der Waals surface area contributed by atoms with Crippen LogP contribution in [0.3, 0.4) is 0 Å². The second kappa shape index (κ2) is 7.29. The summed E-state index contributed by atoms with van der Waals surface area (Å²) in [5.74, 6) is -0.311. The van der Waals surface area contributed by atoms with Gasteiger partial charge < -0.3 is 20.0 Å². The first kappa shape index (κ1) is 17.5. The quantitative estimate of drug-likeness (QED) is 0.913. The van der Waals surface area contributed by atoms with E-state index < -0.39 is 0 Å². The molecule has 1 aliphatic carbocycles. The number of nitrogens with one attached hydrogen (secondary N) is 1. The van der Waals surface area contributed by atoms with E-state index in [4.69, 9.17) is 0 Å². The van der Waals surface area contributed by atoms with Crippen molar-refractivity contribution in [3.8, 4) is 0 Å². The molecule has 6 nitrogen and oxygen atoms in total. The topological polar surface area (TPSA) is 55.9 Å². The molecule has 2 fully saturated rings. The number of hydrogen-bond donors (Lipinski definition) is 1. The van der Waals surface area contributed by atoms with Crippen LogP contribution in [0.1, 0.15) is 26.2 Å². The van der Waals surface area contributed by atoms with Gasteiger partial charge in [-0.2, -0.15) is 0 Å². The van der Waals surface area contributed by atoms with E-state index in [0.29, 0.717) is 24.8 Å². The Bertz CT molecular complexity index is 662. The van der Waals surface area contributed by atoms with Crippen molar-refractivity contribution in [3.63, 3.8) is 0 Å². The SMILES string of the molecule is CC(=O)N1CCCN(c2ccc(F)cc2NC(=O)N(C)C2CC2)CC1. The summed E-state index contributed by atoms with van der Waals surface area (Å²) in [6.45, 7) is 4.34. The minimum Gasteiger partial charge on any atom is -0.368 e. The molecule has 1 aromatic rings. The fourth-order valence-corrected chi connectivity index (χ4v) is 3.19. The summed E-state index contributed by atoms with van der Waals surface area (Å²) in [4.78, 5) is 29.6. The van der Waals surface area contributed by atoms with E-state index in [1.165, 1.54) is 12.1 Å². The average Bonchev–Trinajstić information content (AvgIpc) is 3.41. The van der Waals surface area contributed by atoms with Gasteiger partial charge in [-0.1, -0.05) is 0 Å². The molecular weight excluding hydrogens is 323 g/mol. The van der Waals surface area contributed by atoms with E-state index in [9.17, 15) is 14.0 Å². The van der Waals surface area contributed by atoms with Crippen molar-refractivity contribution in [2.24, 2.45) is 0 Å². The highest BCUT2D eigenvalue weighted by atomic mass is 19.1. The van der Waals surface area contributed by atoms with Gasteiger partial charge in [-0.3, -0.25) is 4.79 Å². The Hall–Kier alpha value is -2.31. The van der Waals surface area contributed by atoms with Crippen molar-refractivity contribution in [3.05, 3.63) is 24.0 Å². The molecule has 3 amide bonds. The van der Waals surface area contributed by atoms with Crippen molar-refractivity contribution in [2.45, 2.75) is 32.2 Å². The zero-order chi connectivity index (χ0) is 18.0. The maximum absolute atomic E-state index is 13.7. The normalized spacial score (nSPS) is 17.9. The van der Waals surface area contributed by atoms with Crippen LogP contribution in [-0.4, -0.2) is 61.0 Å². The molecule has 1 heterocycles. The first-order valence-corrected chi connectivity index (χ1v) is 8.79. The molecule has 3 rings (SSSR count). The molecule has 1 saturated carbocycles. The van der Waals surface area contributed by atoms with Gasteiger partial charge in [-0.25, -0.2) is 9.18 Å². The summed E-state index contributed by atoms with van der Waals surface area (Å²) in [5.41, 5.74) is 1.28. The van der Waals surface area contributed by atoms with Crippen molar-refractivity contribution >= 4 is 23.3 Å². The number of rotatable bonds is 3. The van der Waals surface area contributed by atoms with Crippen LogP contribution in [0.5, 0.6) is 0 Å². The van der Waals surface area contributed by atoms with E-state index in [-0.39, 0.29) is 17.8 Å². The number of benzene rings is 1. The summed E-state index contributed by atoms with van der Waals surface area (Å²) in [7, 11) is 1.77. The lowest BCUT2D eigenvalue weighted by molar-refractivity contribution is -0.128. The number of amides is 3. The monoisotopic (exact) mass is 348 g/mol. The van der Waals surface area contributed by atoms with Crippen LogP contribution in [0.25, 0.3) is 0 Å². The maximum atomic E-state index is 13.7. The van der Waals surface area contributed by atoms with Gasteiger partial charge in [0.2, 0.25) is 5.91 Å². The maximum Gasteiger partial charge on any atom is 0.321 e. The van der Waals surface area contributed by atoms with Crippen molar-refractivity contribution in [2.75, 3.05) is 43.4 Å². The minimum absolute atomic E-state index is 0.0699. The Morgan fingerprint density at radius 3 is 2.64 bits per heavy atom. The van der Waals surface area contributed by atoms with Gasteiger partial charge in [-0.15, -0.1) is 0 Å². The smallest absolute Gasteiger partial charge is 0.321 e. The molecule has 1 aromatic carbocycles. The lowest BCUT2D eigenvalue weighted by Gasteiger charge is -2.27. The van der Waals surface area contributed by atoms with Crippen LogP contribution >= 0.6 is 0 Å². The highest BCUT2D eigenvalue weighted by Gasteiger charge is 2.30. The summed E-state index contributed by atoms with van der Waals surface area (Å²) < 4.78 is 13.7. The minimum atomic E-state index is -0.381. The van der Waals surface area contributed by atoms with Crippen LogP contribution in [0.15, 0.2) is 18.2 Å². The molecule has 2 aliphatic rings. The number of urea groups is 1. The zero-order valence-corrected chi connectivity index (χ0v) is 14.8. The highest BCUT2D eigenvalue weighted by molar-refractivity contribution is 5.93. The molecule has 136 valence electrons. The Morgan fingerprint density at radius 1 is 1.20 bits per heavy atom. The predicted octanol–water partition coefficient (Wildman–Crippen LogP) is 2.51. The molecule has 25 heavy (non-hydrogen) atoms. The number of halogens is 1. The highest BCUT2D eigenvalue weighted by Crippen LogP contribution is 2.30.